The van der Waals surface area contributed by atoms with E-state index in [0.29, 0.717) is 12.8 Å². The number of fused-ring (bicyclic) bond motifs is 2. The zero-order valence-corrected chi connectivity index (χ0v) is 20.9. The summed E-state index contributed by atoms with van der Waals surface area (Å²) in [7, 11) is 2.01. The number of benzene rings is 1. The van der Waals surface area contributed by atoms with Crippen LogP contribution in [0.3, 0.4) is 0 Å². The van der Waals surface area contributed by atoms with E-state index < -0.39 is 0 Å². The van der Waals surface area contributed by atoms with Gasteiger partial charge in [-0.2, -0.15) is 5.10 Å². The van der Waals surface area contributed by atoms with E-state index >= 15 is 0 Å². The molecule has 0 saturated carbocycles. The fourth-order valence-electron chi connectivity index (χ4n) is 6.26. The number of rotatable bonds is 4. The molecule has 4 heterocycles. The molecule has 0 N–H and O–H groups in total. The first-order valence-corrected chi connectivity index (χ1v) is 13.3. The Balaban J connectivity index is 1.08. The second-order valence-electron chi connectivity index (χ2n) is 10.5. The minimum absolute atomic E-state index is 0.151. The summed E-state index contributed by atoms with van der Waals surface area (Å²) in [6, 6.07) is 6.78. The molecule has 4 aliphatic rings. The van der Waals surface area contributed by atoms with Crippen molar-refractivity contribution in [3.63, 3.8) is 0 Å². The maximum absolute atomic E-state index is 13.4. The maximum Gasteiger partial charge on any atom is 0.274 e. The van der Waals surface area contributed by atoms with E-state index in [1.54, 1.807) is 0 Å². The van der Waals surface area contributed by atoms with E-state index in [1.807, 2.05) is 22.7 Å². The molecule has 2 saturated heterocycles. The molecule has 2 aromatic rings. The van der Waals surface area contributed by atoms with Crippen LogP contribution in [0.15, 0.2) is 18.2 Å². The van der Waals surface area contributed by atoms with Crippen LogP contribution in [0, 0.1) is 0 Å². The quantitative estimate of drug-likeness (QED) is 0.672. The lowest BCUT2D eigenvalue weighted by Crippen LogP contribution is -2.51. The Labute approximate surface area is 207 Å². The van der Waals surface area contributed by atoms with Gasteiger partial charge in [-0.25, -0.2) is 0 Å². The number of ether oxygens (including phenoxy) is 2. The Kier molecular flexibility index (Phi) is 6.41. The Hall–Kier alpha value is -2.58. The van der Waals surface area contributed by atoms with Crippen molar-refractivity contribution in [2.75, 3.05) is 46.1 Å². The van der Waals surface area contributed by atoms with Crippen LogP contribution in [-0.4, -0.2) is 82.5 Å². The lowest BCUT2D eigenvalue weighted by Gasteiger charge is -2.40. The molecule has 0 spiro atoms. The molecule has 8 heteroatoms. The van der Waals surface area contributed by atoms with Crippen LogP contribution in [-0.2, 0) is 26.4 Å². The van der Waals surface area contributed by atoms with Gasteiger partial charge in [-0.1, -0.05) is 18.9 Å². The Bertz CT molecular complexity index is 1070. The largest absolute Gasteiger partial charge is 0.454 e. The van der Waals surface area contributed by atoms with Gasteiger partial charge >= 0.3 is 0 Å². The minimum Gasteiger partial charge on any atom is -0.454 e. The Morgan fingerprint density at radius 3 is 2.57 bits per heavy atom. The van der Waals surface area contributed by atoms with Crippen LogP contribution in [0.25, 0.3) is 0 Å². The highest BCUT2D eigenvalue weighted by Gasteiger charge is 2.34. The molecule has 3 aliphatic heterocycles. The highest BCUT2D eigenvalue weighted by atomic mass is 16.7. The summed E-state index contributed by atoms with van der Waals surface area (Å²) in [5.41, 5.74) is 4.47. The summed E-state index contributed by atoms with van der Waals surface area (Å²) < 4.78 is 13.0. The third kappa shape index (κ3) is 4.66. The van der Waals surface area contributed by atoms with E-state index in [-0.39, 0.29) is 5.91 Å². The highest BCUT2D eigenvalue weighted by molar-refractivity contribution is 5.94. The first-order chi connectivity index (χ1) is 17.2. The molecule has 188 valence electrons. The number of nitrogens with zero attached hydrogens (tertiary/aromatic N) is 5. The lowest BCUT2D eigenvalue weighted by atomic mass is 9.89. The van der Waals surface area contributed by atoms with Gasteiger partial charge in [-0.15, -0.1) is 0 Å². The van der Waals surface area contributed by atoms with Gasteiger partial charge in [-0.05, 0) is 49.8 Å². The molecule has 1 amide bonds. The average molecular weight is 480 g/mol. The SMILES string of the molecule is Cn1nc(C(=O)N2CCCCCC2)c2c1CCC(N1CCN(Cc3ccc4c(c3)OCO4)CC1)C2. The monoisotopic (exact) mass is 479 g/mol. The maximum atomic E-state index is 13.4. The summed E-state index contributed by atoms with van der Waals surface area (Å²) in [5, 5.41) is 4.74. The zero-order valence-electron chi connectivity index (χ0n) is 20.9. The number of aryl methyl sites for hydroxylation is 1. The van der Waals surface area contributed by atoms with Crippen LogP contribution < -0.4 is 9.47 Å². The van der Waals surface area contributed by atoms with E-state index in [2.05, 4.69) is 21.9 Å². The van der Waals surface area contributed by atoms with Crippen molar-refractivity contribution in [1.29, 1.82) is 0 Å². The summed E-state index contributed by atoms with van der Waals surface area (Å²) in [6.07, 6.45) is 7.78. The van der Waals surface area contributed by atoms with Gasteiger partial charge in [-0.3, -0.25) is 19.3 Å². The zero-order chi connectivity index (χ0) is 23.8. The van der Waals surface area contributed by atoms with E-state index in [1.165, 1.54) is 29.7 Å². The summed E-state index contributed by atoms with van der Waals surface area (Å²) in [4.78, 5) is 20.6. The van der Waals surface area contributed by atoms with Gasteiger partial charge in [0.2, 0.25) is 6.79 Å². The van der Waals surface area contributed by atoms with Crippen molar-refractivity contribution < 1.29 is 14.3 Å². The molecular formula is C27H37N5O3. The van der Waals surface area contributed by atoms with E-state index in [9.17, 15) is 4.79 Å². The normalized spacial score (nSPS) is 23.2. The third-order valence-electron chi connectivity index (χ3n) is 8.29. The number of likely N-dealkylation sites (tertiary alicyclic amines) is 1. The summed E-state index contributed by atoms with van der Waals surface area (Å²) in [6.45, 7) is 7.27. The molecule has 0 radical (unpaired) electrons. The average Bonchev–Trinajstić information content (AvgIpc) is 3.37. The third-order valence-corrected chi connectivity index (χ3v) is 8.29. The molecule has 0 bridgehead atoms. The molecule has 8 nitrogen and oxygen atoms in total. The van der Waals surface area contributed by atoms with Gasteiger partial charge in [0.1, 0.15) is 0 Å². The van der Waals surface area contributed by atoms with Crippen molar-refractivity contribution in [1.82, 2.24) is 24.5 Å². The Morgan fingerprint density at radius 2 is 1.77 bits per heavy atom. The topological polar surface area (TPSA) is 63.1 Å². The van der Waals surface area contributed by atoms with Crippen LogP contribution in [0.5, 0.6) is 11.5 Å². The predicted molar refractivity (Wildman–Crippen MR) is 133 cm³/mol. The smallest absolute Gasteiger partial charge is 0.274 e. The molecule has 6 rings (SSSR count). The van der Waals surface area contributed by atoms with Crippen LogP contribution >= 0.6 is 0 Å². The Morgan fingerprint density at radius 1 is 1.00 bits per heavy atom. The van der Waals surface area contributed by atoms with Crippen molar-refractivity contribution in [3.8, 4) is 11.5 Å². The van der Waals surface area contributed by atoms with Crippen LogP contribution in [0.2, 0.25) is 0 Å². The number of hydrogen-bond donors (Lipinski definition) is 0. The van der Waals surface area contributed by atoms with Crippen molar-refractivity contribution in [2.24, 2.45) is 7.05 Å². The molecular weight excluding hydrogens is 442 g/mol. The summed E-state index contributed by atoms with van der Waals surface area (Å²) >= 11 is 0. The van der Waals surface area contributed by atoms with E-state index in [4.69, 9.17) is 14.6 Å². The highest BCUT2D eigenvalue weighted by Crippen LogP contribution is 2.33. The van der Waals surface area contributed by atoms with Crippen LogP contribution in [0.4, 0.5) is 0 Å². The predicted octanol–water partition coefficient (Wildman–Crippen LogP) is 2.84. The number of hydrogen-bond acceptors (Lipinski definition) is 6. The first kappa shape index (κ1) is 22.9. The fraction of sp³-hybridized carbons (Fsp3) is 0.630. The molecule has 1 aromatic heterocycles. The molecule has 1 unspecified atom stereocenters. The van der Waals surface area contributed by atoms with Gasteiger partial charge in [0.05, 0.1) is 0 Å². The summed E-state index contributed by atoms with van der Waals surface area (Å²) in [5.74, 6) is 1.86. The fourth-order valence-corrected chi connectivity index (χ4v) is 6.26. The molecule has 1 aromatic carbocycles. The van der Waals surface area contributed by atoms with Gasteiger partial charge in [0.15, 0.2) is 17.2 Å². The standard InChI is InChI=1S/C27H37N5O3/c1-29-23-8-7-21(17-22(23)26(28-29)27(33)32-10-4-2-3-5-11-32)31-14-12-30(13-15-31)18-20-6-9-24-25(16-20)35-19-34-24/h6,9,16,21H,2-5,7-8,10-15,17-19H2,1H3. The number of carbonyl (C=O) groups excluding carboxylic acids is 1. The minimum atomic E-state index is 0.151. The van der Waals surface area contributed by atoms with Crippen molar-refractivity contribution in [3.05, 3.63) is 40.7 Å². The van der Waals surface area contributed by atoms with E-state index in [0.717, 1.165) is 95.1 Å². The number of aromatic nitrogens is 2. The lowest BCUT2D eigenvalue weighted by molar-refractivity contribution is 0.0748. The second kappa shape index (κ2) is 9.82. The number of carbonyl (C=O) groups is 1. The number of piperazine rings is 1. The van der Waals surface area contributed by atoms with Crippen molar-refractivity contribution in [2.45, 2.75) is 57.5 Å². The van der Waals surface area contributed by atoms with Crippen LogP contribution in [0.1, 0.15) is 59.4 Å². The molecule has 35 heavy (non-hydrogen) atoms. The molecule has 2 fully saturated rings. The van der Waals surface area contributed by atoms with Gasteiger partial charge in [0, 0.05) is 70.2 Å². The number of amides is 1. The first-order valence-electron chi connectivity index (χ1n) is 13.3. The molecule has 1 atom stereocenters. The van der Waals surface area contributed by atoms with Gasteiger partial charge < -0.3 is 14.4 Å². The van der Waals surface area contributed by atoms with Crippen molar-refractivity contribution >= 4 is 5.91 Å². The van der Waals surface area contributed by atoms with Gasteiger partial charge in [0.25, 0.3) is 5.91 Å². The molecule has 1 aliphatic carbocycles. The second-order valence-corrected chi connectivity index (χ2v) is 10.5.